The number of carbonyl (C=O) groups excluding carboxylic acids is 2. The minimum Gasteiger partial charge on any atom is -0.494 e. The number of hydrogen-bond donors (Lipinski definition) is 2. The van der Waals surface area contributed by atoms with Crippen molar-refractivity contribution in [3.63, 3.8) is 0 Å². The van der Waals surface area contributed by atoms with E-state index < -0.39 is 21.9 Å². The number of halogens is 1. The lowest BCUT2D eigenvalue weighted by molar-refractivity contribution is 0.0734. The molecular formula is C29H24BrN3O6S. The molecule has 0 atom stereocenters. The van der Waals surface area contributed by atoms with E-state index in [-0.39, 0.29) is 16.2 Å². The zero-order chi connectivity index (χ0) is 28.5. The predicted octanol–water partition coefficient (Wildman–Crippen LogP) is 5.63. The summed E-state index contributed by atoms with van der Waals surface area (Å²) < 4.78 is 39.1. The third-order valence-electron chi connectivity index (χ3n) is 5.40. The Morgan fingerprint density at radius 3 is 2.25 bits per heavy atom. The Labute approximate surface area is 240 Å². The van der Waals surface area contributed by atoms with Gasteiger partial charge in [-0.15, -0.1) is 0 Å². The minimum atomic E-state index is -3.75. The number of carbonyl (C=O) groups is 2. The summed E-state index contributed by atoms with van der Waals surface area (Å²) in [6.07, 6.45) is 1.35. The van der Waals surface area contributed by atoms with Crippen LogP contribution in [0.25, 0.3) is 0 Å². The molecule has 204 valence electrons. The van der Waals surface area contributed by atoms with Crippen LogP contribution in [0.5, 0.6) is 11.5 Å². The topological polar surface area (TPSA) is 123 Å². The van der Waals surface area contributed by atoms with Gasteiger partial charge in [0, 0.05) is 21.3 Å². The molecule has 0 spiro atoms. The molecule has 0 aromatic heterocycles. The average Bonchev–Trinajstić information content (AvgIpc) is 2.95. The van der Waals surface area contributed by atoms with Crippen LogP contribution < -0.4 is 19.6 Å². The lowest BCUT2D eigenvalue weighted by atomic mass is 10.2. The van der Waals surface area contributed by atoms with Gasteiger partial charge in [-0.25, -0.2) is 18.6 Å². The van der Waals surface area contributed by atoms with Crippen molar-refractivity contribution in [2.45, 2.75) is 11.8 Å². The van der Waals surface area contributed by atoms with E-state index in [2.05, 4.69) is 31.2 Å². The fourth-order valence-corrected chi connectivity index (χ4v) is 4.91. The highest BCUT2D eigenvalue weighted by Crippen LogP contribution is 2.23. The first-order chi connectivity index (χ1) is 19.2. The highest BCUT2D eigenvalue weighted by Gasteiger charge is 2.15. The van der Waals surface area contributed by atoms with E-state index in [0.717, 1.165) is 4.47 Å². The van der Waals surface area contributed by atoms with Gasteiger partial charge in [0.05, 0.1) is 23.3 Å². The SMILES string of the molecule is CCOc1ccc(C(=O)Oc2ccc(Br)cc2C=NNC(=O)c2ccc(NS(=O)(=O)c3ccccc3)cc2)cc1. The molecule has 1 amide bonds. The lowest BCUT2D eigenvalue weighted by Gasteiger charge is -2.09. The number of ether oxygens (including phenoxy) is 2. The Morgan fingerprint density at radius 1 is 0.900 bits per heavy atom. The van der Waals surface area contributed by atoms with Crippen molar-refractivity contribution in [3.05, 3.63) is 118 Å². The number of nitrogens with one attached hydrogen (secondary N) is 2. The van der Waals surface area contributed by atoms with Gasteiger partial charge in [-0.1, -0.05) is 34.1 Å². The van der Waals surface area contributed by atoms with Crippen LogP contribution in [0.3, 0.4) is 0 Å². The molecule has 9 nitrogen and oxygen atoms in total. The van der Waals surface area contributed by atoms with Crippen LogP contribution in [0.4, 0.5) is 5.69 Å². The van der Waals surface area contributed by atoms with E-state index in [1.165, 1.54) is 42.6 Å². The number of sulfonamides is 1. The first-order valence-corrected chi connectivity index (χ1v) is 14.3. The van der Waals surface area contributed by atoms with Crippen LogP contribution in [-0.4, -0.2) is 33.1 Å². The quantitative estimate of drug-likeness (QED) is 0.102. The summed E-state index contributed by atoms with van der Waals surface area (Å²) in [5.74, 6) is -0.187. The second-order valence-corrected chi connectivity index (χ2v) is 10.8. The molecule has 0 saturated heterocycles. The largest absolute Gasteiger partial charge is 0.494 e. The monoisotopic (exact) mass is 621 g/mol. The molecule has 4 rings (SSSR count). The second-order valence-electron chi connectivity index (χ2n) is 8.22. The van der Waals surface area contributed by atoms with E-state index in [9.17, 15) is 18.0 Å². The van der Waals surface area contributed by atoms with Gasteiger partial charge in [0.15, 0.2) is 0 Å². The molecule has 0 aliphatic heterocycles. The van der Waals surface area contributed by atoms with Gasteiger partial charge < -0.3 is 9.47 Å². The number of nitrogens with zero attached hydrogens (tertiary/aromatic N) is 1. The van der Waals surface area contributed by atoms with Crippen molar-refractivity contribution < 1.29 is 27.5 Å². The number of hydrazone groups is 1. The first-order valence-electron chi connectivity index (χ1n) is 12.0. The summed E-state index contributed by atoms with van der Waals surface area (Å²) in [6.45, 7) is 2.39. The van der Waals surface area contributed by atoms with Crippen LogP contribution in [-0.2, 0) is 10.0 Å². The maximum absolute atomic E-state index is 12.7. The van der Waals surface area contributed by atoms with E-state index in [1.807, 2.05) is 6.92 Å². The Balaban J connectivity index is 1.39. The molecule has 0 aliphatic carbocycles. The number of anilines is 1. The number of rotatable bonds is 10. The van der Waals surface area contributed by atoms with Crippen LogP contribution >= 0.6 is 15.9 Å². The molecule has 11 heteroatoms. The van der Waals surface area contributed by atoms with Crippen LogP contribution in [0.2, 0.25) is 0 Å². The van der Waals surface area contributed by atoms with E-state index >= 15 is 0 Å². The Kier molecular flexibility index (Phi) is 9.31. The fourth-order valence-electron chi connectivity index (χ4n) is 3.45. The summed E-state index contributed by atoms with van der Waals surface area (Å²) in [5.41, 5.74) is 3.76. The summed E-state index contributed by atoms with van der Waals surface area (Å²) in [7, 11) is -3.75. The van der Waals surface area contributed by atoms with Gasteiger partial charge in [-0.05, 0) is 85.8 Å². The summed E-state index contributed by atoms with van der Waals surface area (Å²) in [5, 5.41) is 3.99. The standard InChI is InChI=1S/C29H24BrN3O6S/c1-2-38-25-15-10-21(11-16-25)29(35)39-27-17-12-23(30)18-22(27)19-31-32-28(34)20-8-13-24(14-9-20)33-40(36,37)26-6-4-3-5-7-26/h3-19,33H,2H2,1H3,(H,32,34). The van der Waals surface area contributed by atoms with Gasteiger partial charge >= 0.3 is 5.97 Å². The molecule has 0 saturated carbocycles. The van der Waals surface area contributed by atoms with Crippen molar-refractivity contribution in [1.82, 2.24) is 5.43 Å². The highest BCUT2D eigenvalue weighted by atomic mass is 79.9. The summed E-state index contributed by atoms with van der Waals surface area (Å²) in [6, 6.07) is 25.4. The van der Waals surface area contributed by atoms with Gasteiger partial charge in [-0.2, -0.15) is 5.10 Å². The molecule has 0 fully saturated rings. The lowest BCUT2D eigenvalue weighted by Crippen LogP contribution is -2.18. The molecular weight excluding hydrogens is 598 g/mol. The molecule has 4 aromatic carbocycles. The number of amides is 1. The highest BCUT2D eigenvalue weighted by molar-refractivity contribution is 9.10. The Morgan fingerprint density at radius 2 is 1.57 bits per heavy atom. The first kappa shape index (κ1) is 28.5. The van der Waals surface area contributed by atoms with Crippen molar-refractivity contribution in [1.29, 1.82) is 0 Å². The van der Waals surface area contributed by atoms with Crippen molar-refractivity contribution in [2.24, 2.45) is 5.10 Å². The summed E-state index contributed by atoms with van der Waals surface area (Å²) in [4.78, 5) is 25.4. The third kappa shape index (κ3) is 7.55. The fraction of sp³-hybridized carbons (Fsp3) is 0.0690. The molecule has 4 aromatic rings. The van der Waals surface area contributed by atoms with Gasteiger partial charge in [-0.3, -0.25) is 9.52 Å². The maximum Gasteiger partial charge on any atom is 0.343 e. The van der Waals surface area contributed by atoms with E-state index in [4.69, 9.17) is 9.47 Å². The van der Waals surface area contributed by atoms with Gasteiger partial charge in [0.25, 0.3) is 15.9 Å². The maximum atomic E-state index is 12.7. The normalized spacial score (nSPS) is 11.2. The number of benzene rings is 4. The molecule has 40 heavy (non-hydrogen) atoms. The molecule has 0 bridgehead atoms. The number of esters is 1. The van der Waals surface area contributed by atoms with Crippen molar-refractivity contribution in [2.75, 3.05) is 11.3 Å². The molecule has 2 N–H and O–H groups in total. The van der Waals surface area contributed by atoms with E-state index in [0.29, 0.717) is 29.2 Å². The zero-order valence-corrected chi connectivity index (χ0v) is 23.6. The summed E-state index contributed by atoms with van der Waals surface area (Å²) >= 11 is 3.38. The van der Waals surface area contributed by atoms with Crippen LogP contribution in [0.1, 0.15) is 33.2 Å². The van der Waals surface area contributed by atoms with Crippen LogP contribution in [0, 0.1) is 0 Å². The van der Waals surface area contributed by atoms with Gasteiger partial charge in [0.1, 0.15) is 11.5 Å². The average molecular weight is 622 g/mol. The molecule has 0 unspecified atom stereocenters. The third-order valence-corrected chi connectivity index (χ3v) is 7.29. The van der Waals surface area contributed by atoms with Crippen molar-refractivity contribution in [3.8, 4) is 11.5 Å². The predicted molar refractivity (Wildman–Crippen MR) is 155 cm³/mol. The van der Waals surface area contributed by atoms with Crippen molar-refractivity contribution >= 4 is 49.7 Å². The van der Waals surface area contributed by atoms with Gasteiger partial charge in [0.2, 0.25) is 0 Å². The minimum absolute atomic E-state index is 0.128. The molecule has 0 radical (unpaired) electrons. The molecule has 0 aliphatic rings. The Hall–Kier alpha value is -4.48. The second kappa shape index (κ2) is 13.0. The van der Waals surface area contributed by atoms with E-state index in [1.54, 1.807) is 60.7 Å². The van der Waals surface area contributed by atoms with Crippen LogP contribution in [0.15, 0.2) is 112 Å². The number of hydrogen-bond acceptors (Lipinski definition) is 7. The smallest absolute Gasteiger partial charge is 0.343 e. The Bertz CT molecular complexity index is 1630. The molecule has 0 heterocycles. The zero-order valence-electron chi connectivity index (χ0n) is 21.2.